The number of aromatic nitrogens is 1. The zero-order valence-electron chi connectivity index (χ0n) is 10.0. The van der Waals surface area contributed by atoms with Gasteiger partial charge in [-0.25, -0.2) is 13.4 Å². The van der Waals surface area contributed by atoms with E-state index in [0.717, 1.165) is 36.3 Å². The Bertz CT molecular complexity index is 527. The molecule has 1 aliphatic heterocycles. The smallest absolute Gasteiger partial charge is 0.227 e. The van der Waals surface area contributed by atoms with Crippen LogP contribution in [0.4, 0.5) is 5.13 Å². The zero-order valence-corrected chi connectivity index (χ0v) is 11.7. The molecule has 0 unspecified atom stereocenters. The first-order valence-electron chi connectivity index (χ1n) is 5.61. The molecular weight excluding hydrogens is 274 g/mol. The predicted molar refractivity (Wildman–Crippen MR) is 70.5 cm³/mol. The monoisotopic (exact) mass is 289 g/mol. The van der Waals surface area contributed by atoms with Gasteiger partial charge in [0.25, 0.3) is 0 Å². The molecule has 18 heavy (non-hydrogen) atoms. The lowest BCUT2D eigenvalue weighted by Crippen LogP contribution is -2.22. The van der Waals surface area contributed by atoms with E-state index in [2.05, 4.69) is 15.6 Å². The molecule has 2 rings (SSSR count). The molecule has 0 radical (unpaired) electrons. The van der Waals surface area contributed by atoms with Gasteiger partial charge in [0.1, 0.15) is 9.84 Å². The molecule has 0 atom stereocenters. The maximum Gasteiger partial charge on any atom is 0.227 e. The van der Waals surface area contributed by atoms with E-state index in [1.807, 2.05) is 0 Å². The summed E-state index contributed by atoms with van der Waals surface area (Å²) in [7, 11) is -3.10. The van der Waals surface area contributed by atoms with Crippen molar-refractivity contribution < 1.29 is 13.2 Å². The minimum atomic E-state index is -3.10. The van der Waals surface area contributed by atoms with Gasteiger partial charge in [-0.05, 0) is 0 Å². The molecule has 0 bridgehead atoms. The number of rotatable bonds is 4. The highest BCUT2D eigenvalue weighted by Gasteiger charge is 2.16. The molecule has 1 aromatic rings. The molecule has 6 nitrogen and oxygen atoms in total. The molecular formula is C10H15N3O3S2. The number of nitrogens with one attached hydrogen (secondary N) is 2. The quantitative estimate of drug-likeness (QED) is 0.824. The third-order valence-electron chi connectivity index (χ3n) is 2.55. The van der Waals surface area contributed by atoms with Crippen molar-refractivity contribution in [3.8, 4) is 0 Å². The van der Waals surface area contributed by atoms with Gasteiger partial charge in [-0.1, -0.05) is 0 Å². The van der Waals surface area contributed by atoms with Crippen LogP contribution in [-0.2, 0) is 27.6 Å². The fourth-order valence-corrected chi connectivity index (χ4v) is 3.19. The lowest BCUT2D eigenvalue weighted by atomic mass is 10.2. The Hall–Kier alpha value is -0.990. The van der Waals surface area contributed by atoms with Gasteiger partial charge in [-0.2, -0.15) is 0 Å². The molecule has 1 aromatic heterocycles. The Kier molecular flexibility index (Phi) is 3.98. The fourth-order valence-electron chi connectivity index (χ4n) is 1.64. The molecule has 2 N–H and O–H groups in total. The van der Waals surface area contributed by atoms with Gasteiger partial charge in [0, 0.05) is 37.1 Å². The summed E-state index contributed by atoms with van der Waals surface area (Å²) in [5.41, 5.74) is 1.03. The molecule has 0 saturated heterocycles. The number of nitrogens with zero attached hydrogens (tertiary/aromatic N) is 1. The summed E-state index contributed by atoms with van der Waals surface area (Å²) >= 11 is 1.44. The highest BCUT2D eigenvalue weighted by molar-refractivity contribution is 7.90. The SMILES string of the molecule is CS(=O)(=O)CCC(=O)Nc1nc2c(s1)CNCC2. The van der Waals surface area contributed by atoms with E-state index in [9.17, 15) is 13.2 Å². The number of hydrogen-bond acceptors (Lipinski definition) is 6. The Morgan fingerprint density at radius 3 is 3.00 bits per heavy atom. The van der Waals surface area contributed by atoms with Gasteiger partial charge in [0.2, 0.25) is 5.91 Å². The third kappa shape index (κ3) is 3.76. The average Bonchev–Trinajstić information content (AvgIpc) is 2.67. The van der Waals surface area contributed by atoms with E-state index in [1.165, 1.54) is 11.3 Å². The molecule has 8 heteroatoms. The molecule has 100 valence electrons. The summed E-state index contributed by atoms with van der Waals surface area (Å²) in [5.74, 6) is -0.439. The number of thiazole rings is 1. The normalized spacial score (nSPS) is 15.2. The second-order valence-corrected chi connectivity index (χ2v) is 7.59. The average molecular weight is 289 g/mol. The molecule has 2 heterocycles. The number of hydrogen-bond donors (Lipinski definition) is 2. The maximum absolute atomic E-state index is 11.5. The van der Waals surface area contributed by atoms with Gasteiger partial charge in [-0.3, -0.25) is 4.79 Å². The molecule has 1 amide bonds. The lowest BCUT2D eigenvalue weighted by Gasteiger charge is -2.09. The number of sulfone groups is 1. The Balaban J connectivity index is 1.93. The van der Waals surface area contributed by atoms with Crippen LogP contribution in [0.25, 0.3) is 0 Å². The number of amides is 1. The van der Waals surface area contributed by atoms with Crippen LogP contribution in [0.2, 0.25) is 0 Å². The highest BCUT2D eigenvalue weighted by Crippen LogP contribution is 2.25. The van der Waals surface area contributed by atoms with Crippen molar-refractivity contribution in [3.63, 3.8) is 0 Å². The summed E-state index contributed by atoms with van der Waals surface area (Å²) in [6, 6.07) is 0. The van der Waals surface area contributed by atoms with E-state index in [0.29, 0.717) is 5.13 Å². The Morgan fingerprint density at radius 2 is 2.33 bits per heavy atom. The first-order valence-corrected chi connectivity index (χ1v) is 8.48. The number of carbonyl (C=O) groups excluding carboxylic acids is 1. The van der Waals surface area contributed by atoms with Crippen molar-refractivity contribution >= 4 is 32.2 Å². The van der Waals surface area contributed by atoms with Gasteiger partial charge in [0.05, 0.1) is 11.4 Å². The first kappa shape index (κ1) is 13.4. The minimum Gasteiger partial charge on any atom is -0.311 e. The van der Waals surface area contributed by atoms with Crippen molar-refractivity contribution in [2.75, 3.05) is 23.9 Å². The molecule has 0 aliphatic carbocycles. The van der Waals surface area contributed by atoms with Crippen LogP contribution in [0.1, 0.15) is 17.0 Å². The van der Waals surface area contributed by atoms with Crippen molar-refractivity contribution in [2.45, 2.75) is 19.4 Å². The minimum absolute atomic E-state index is 0.0265. The topological polar surface area (TPSA) is 88.2 Å². The summed E-state index contributed by atoms with van der Waals surface area (Å²) < 4.78 is 21.9. The fraction of sp³-hybridized carbons (Fsp3) is 0.600. The Morgan fingerprint density at radius 1 is 1.56 bits per heavy atom. The van der Waals surface area contributed by atoms with Gasteiger partial charge < -0.3 is 10.6 Å². The van der Waals surface area contributed by atoms with Crippen molar-refractivity contribution in [1.29, 1.82) is 0 Å². The maximum atomic E-state index is 11.5. The van der Waals surface area contributed by atoms with Crippen molar-refractivity contribution in [2.24, 2.45) is 0 Å². The van der Waals surface area contributed by atoms with Gasteiger partial charge in [-0.15, -0.1) is 11.3 Å². The Labute approximate surface area is 110 Å². The van der Waals surface area contributed by atoms with E-state index in [-0.39, 0.29) is 18.1 Å². The standard InChI is InChI=1S/C10H15N3O3S2/c1-18(15,16)5-3-9(14)13-10-12-7-2-4-11-6-8(7)17-10/h11H,2-6H2,1H3,(H,12,13,14). The number of carbonyl (C=O) groups is 1. The largest absolute Gasteiger partial charge is 0.311 e. The van der Waals surface area contributed by atoms with Gasteiger partial charge >= 0.3 is 0 Å². The van der Waals surface area contributed by atoms with Crippen LogP contribution < -0.4 is 10.6 Å². The second-order valence-electron chi connectivity index (χ2n) is 4.24. The van der Waals surface area contributed by atoms with E-state index in [1.54, 1.807) is 0 Å². The van der Waals surface area contributed by atoms with Crippen LogP contribution >= 0.6 is 11.3 Å². The number of anilines is 1. The second kappa shape index (κ2) is 5.33. The zero-order chi connectivity index (χ0) is 13.2. The first-order chi connectivity index (χ1) is 8.44. The molecule has 0 aromatic carbocycles. The third-order valence-corrected chi connectivity index (χ3v) is 4.51. The van der Waals surface area contributed by atoms with Crippen molar-refractivity contribution in [1.82, 2.24) is 10.3 Å². The number of fused-ring (bicyclic) bond motifs is 1. The highest BCUT2D eigenvalue weighted by atomic mass is 32.2. The van der Waals surface area contributed by atoms with Crippen molar-refractivity contribution in [3.05, 3.63) is 10.6 Å². The molecule has 0 fully saturated rings. The van der Waals surface area contributed by atoms with Crippen LogP contribution in [0.5, 0.6) is 0 Å². The summed E-state index contributed by atoms with van der Waals surface area (Å²) in [4.78, 5) is 17.0. The summed E-state index contributed by atoms with van der Waals surface area (Å²) in [6.07, 6.45) is 1.96. The molecule has 0 spiro atoms. The molecule has 0 saturated carbocycles. The van der Waals surface area contributed by atoms with Crippen LogP contribution in [0, 0.1) is 0 Å². The summed E-state index contributed by atoms with van der Waals surface area (Å²) in [6.45, 7) is 1.68. The lowest BCUT2D eigenvalue weighted by molar-refractivity contribution is -0.115. The van der Waals surface area contributed by atoms with Gasteiger partial charge in [0.15, 0.2) is 5.13 Å². The van der Waals surface area contributed by atoms with Crippen LogP contribution in [0.15, 0.2) is 0 Å². The van der Waals surface area contributed by atoms with E-state index in [4.69, 9.17) is 0 Å². The molecule has 1 aliphatic rings. The van der Waals surface area contributed by atoms with Crippen LogP contribution in [0.3, 0.4) is 0 Å². The van der Waals surface area contributed by atoms with E-state index >= 15 is 0 Å². The van der Waals surface area contributed by atoms with Crippen LogP contribution in [-0.4, -0.2) is 37.9 Å². The van der Waals surface area contributed by atoms with E-state index < -0.39 is 9.84 Å². The predicted octanol–water partition coefficient (Wildman–Crippen LogP) is 0.162. The summed E-state index contributed by atoms with van der Waals surface area (Å²) in [5, 5.41) is 6.44.